The molecule has 2 aliphatic rings. The Kier molecular flexibility index (Phi) is 9.62. The van der Waals surface area contributed by atoms with Gasteiger partial charge in [0.25, 0.3) is 5.91 Å². The van der Waals surface area contributed by atoms with E-state index in [1.165, 1.54) is 18.0 Å². The highest BCUT2D eigenvalue weighted by molar-refractivity contribution is 6.39. The topological polar surface area (TPSA) is 108 Å². The molecule has 3 aromatic heterocycles. The molecular formula is C29H31Cl2N7O2. The van der Waals surface area contributed by atoms with Crippen LogP contribution in [0.2, 0.25) is 10.0 Å². The number of allylic oxidation sites excluding steroid dienone is 2. The molecule has 0 bridgehead atoms. The van der Waals surface area contributed by atoms with Gasteiger partial charge in [-0.15, -0.1) is 0 Å². The minimum absolute atomic E-state index is 0.151. The molecule has 0 fully saturated rings. The molecule has 1 aliphatic carbocycles. The second kappa shape index (κ2) is 13.7. The number of rotatable bonds is 11. The molecule has 3 N–H and O–H groups in total. The van der Waals surface area contributed by atoms with Crippen molar-refractivity contribution in [2.75, 3.05) is 32.8 Å². The third kappa shape index (κ3) is 7.17. The number of fused-ring (bicyclic) bond motifs is 1. The number of aromatic nitrogens is 4. The summed E-state index contributed by atoms with van der Waals surface area (Å²) in [6.07, 6.45) is 18.3. The minimum atomic E-state index is -0.330. The van der Waals surface area contributed by atoms with Crippen LogP contribution in [0, 0.1) is 0 Å². The van der Waals surface area contributed by atoms with Crippen molar-refractivity contribution in [3.63, 3.8) is 0 Å². The Hall–Kier alpha value is -3.50. The fourth-order valence-electron chi connectivity index (χ4n) is 4.81. The van der Waals surface area contributed by atoms with E-state index in [0.717, 1.165) is 61.7 Å². The Morgan fingerprint density at radius 2 is 1.93 bits per heavy atom. The first-order chi connectivity index (χ1) is 19.6. The van der Waals surface area contributed by atoms with Crippen LogP contribution in [-0.4, -0.2) is 63.5 Å². The third-order valence-electron chi connectivity index (χ3n) is 6.84. The quantitative estimate of drug-likeness (QED) is 0.283. The Morgan fingerprint density at radius 3 is 2.75 bits per heavy atom. The summed E-state index contributed by atoms with van der Waals surface area (Å²) in [7, 11) is 0. The summed E-state index contributed by atoms with van der Waals surface area (Å²) < 4.78 is 5.89. The Labute approximate surface area is 243 Å². The van der Waals surface area contributed by atoms with E-state index in [4.69, 9.17) is 27.9 Å². The summed E-state index contributed by atoms with van der Waals surface area (Å²) in [5.41, 5.74) is 4.48. The zero-order chi connectivity index (χ0) is 27.7. The number of halogens is 2. The highest BCUT2D eigenvalue weighted by Crippen LogP contribution is 2.34. The first kappa shape index (κ1) is 28.0. The summed E-state index contributed by atoms with van der Waals surface area (Å²) in [5, 5.41) is 6.88. The van der Waals surface area contributed by atoms with E-state index in [1.807, 2.05) is 24.5 Å². The van der Waals surface area contributed by atoms with Crippen molar-refractivity contribution in [3.05, 3.63) is 106 Å². The van der Waals surface area contributed by atoms with Gasteiger partial charge in [-0.2, -0.15) is 0 Å². The monoisotopic (exact) mass is 579 g/mol. The Balaban J connectivity index is 1.22. The maximum atomic E-state index is 12.7. The number of H-pyrrole nitrogens is 1. The fraction of sp³-hybridized carbons (Fsp3) is 0.310. The van der Waals surface area contributed by atoms with Crippen LogP contribution in [0.5, 0.6) is 5.75 Å². The van der Waals surface area contributed by atoms with Gasteiger partial charge in [-0.1, -0.05) is 47.5 Å². The van der Waals surface area contributed by atoms with Gasteiger partial charge >= 0.3 is 0 Å². The van der Waals surface area contributed by atoms with Gasteiger partial charge in [0, 0.05) is 69.6 Å². The number of ether oxygens (including phenoxy) is 1. The zero-order valence-corrected chi connectivity index (χ0v) is 23.5. The number of hydrogen-bond donors (Lipinski definition) is 3. The van der Waals surface area contributed by atoms with Crippen LogP contribution >= 0.6 is 23.2 Å². The number of hydrogen-bond acceptors (Lipinski definition) is 7. The largest absolute Gasteiger partial charge is 0.492 e. The van der Waals surface area contributed by atoms with Crippen LogP contribution in [-0.2, 0) is 6.54 Å². The molecule has 0 spiro atoms. The zero-order valence-electron chi connectivity index (χ0n) is 21.9. The predicted octanol–water partition coefficient (Wildman–Crippen LogP) is 4.66. The summed E-state index contributed by atoms with van der Waals surface area (Å²) >= 11 is 12.3. The molecule has 5 rings (SSSR count). The lowest BCUT2D eigenvalue weighted by molar-refractivity contribution is 0.0957. The maximum Gasteiger partial charge on any atom is 0.254 e. The number of carbonyl (C=O) groups excluding carboxylic acids is 1. The molecule has 208 valence electrons. The van der Waals surface area contributed by atoms with Crippen LogP contribution in [0.15, 0.2) is 78.7 Å². The Bertz CT molecular complexity index is 1380. The van der Waals surface area contributed by atoms with Gasteiger partial charge < -0.3 is 20.4 Å². The van der Waals surface area contributed by atoms with E-state index in [9.17, 15) is 4.79 Å². The standard InChI is InChI=1S/C29H31Cl2N7O2/c30-23-16-33-17-24(31)27(23)29(39)36-13-20-3-1-4-21(7-6-20)18-38(11-10-32-14-22-15-34-19-37-22)25-8-12-40-26-5-2-9-35-28(25)26/h2-7,9,15-17,19,25,32H,1,8,10-14,18H2,(H,34,37)(H,36,39). The smallest absolute Gasteiger partial charge is 0.254 e. The lowest BCUT2D eigenvalue weighted by Crippen LogP contribution is -2.38. The second-order valence-corrected chi connectivity index (χ2v) is 10.4. The fourth-order valence-corrected chi connectivity index (χ4v) is 5.35. The summed E-state index contributed by atoms with van der Waals surface area (Å²) in [6.45, 7) is 4.17. The molecule has 1 amide bonds. The van der Waals surface area contributed by atoms with Crippen LogP contribution in [0.1, 0.15) is 40.6 Å². The number of nitrogens with zero attached hydrogens (tertiary/aromatic N) is 4. The summed E-state index contributed by atoms with van der Waals surface area (Å²) in [5.74, 6) is 0.525. The van der Waals surface area contributed by atoms with Gasteiger partial charge in [0.1, 0.15) is 5.75 Å². The summed E-state index contributed by atoms with van der Waals surface area (Å²) in [6, 6.07) is 4.06. The lowest BCUT2D eigenvalue weighted by atomic mass is 10.0. The van der Waals surface area contributed by atoms with E-state index in [-0.39, 0.29) is 27.6 Å². The normalized spacial score (nSPS) is 16.5. The average molecular weight is 581 g/mol. The molecular weight excluding hydrogens is 549 g/mol. The molecule has 4 heterocycles. The number of aromatic amines is 1. The van der Waals surface area contributed by atoms with E-state index in [2.05, 4.69) is 59.8 Å². The molecule has 0 saturated heterocycles. The van der Waals surface area contributed by atoms with Gasteiger partial charge in [-0.05, 0) is 29.7 Å². The lowest BCUT2D eigenvalue weighted by Gasteiger charge is -2.35. The number of nitrogens with one attached hydrogen (secondary N) is 3. The van der Waals surface area contributed by atoms with Gasteiger partial charge in [0.15, 0.2) is 0 Å². The van der Waals surface area contributed by atoms with Gasteiger partial charge in [0.05, 0.1) is 40.3 Å². The third-order valence-corrected chi connectivity index (χ3v) is 7.42. The second-order valence-electron chi connectivity index (χ2n) is 9.55. The SMILES string of the molecule is O=C(NCC1=CCC=C(CN(CCNCc2cnc[nH]2)C2CCOc3cccnc32)C=C1)c1c(Cl)cncc1Cl. The van der Waals surface area contributed by atoms with Gasteiger partial charge in [0.2, 0.25) is 0 Å². The van der Waals surface area contributed by atoms with E-state index >= 15 is 0 Å². The van der Waals surface area contributed by atoms with Crippen LogP contribution in [0.25, 0.3) is 0 Å². The first-order valence-electron chi connectivity index (χ1n) is 13.2. The van der Waals surface area contributed by atoms with Crippen molar-refractivity contribution in [2.45, 2.75) is 25.4 Å². The average Bonchev–Trinajstić information content (AvgIpc) is 3.38. The van der Waals surface area contributed by atoms with Crippen molar-refractivity contribution < 1.29 is 9.53 Å². The predicted molar refractivity (Wildman–Crippen MR) is 155 cm³/mol. The molecule has 0 saturated carbocycles. The van der Waals surface area contributed by atoms with Crippen LogP contribution < -0.4 is 15.4 Å². The van der Waals surface area contributed by atoms with Crippen molar-refractivity contribution >= 4 is 29.1 Å². The molecule has 11 heteroatoms. The minimum Gasteiger partial charge on any atom is -0.492 e. The molecule has 40 heavy (non-hydrogen) atoms. The van der Waals surface area contributed by atoms with E-state index in [0.29, 0.717) is 13.2 Å². The molecule has 1 aliphatic heterocycles. The van der Waals surface area contributed by atoms with Crippen molar-refractivity contribution in [2.24, 2.45) is 0 Å². The molecule has 9 nitrogen and oxygen atoms in total. The van der Waals surface area contributed by atoms with Crippen molar-refractivity contribution in [3.8, 4) is 5.75 Å². The molecule has 0 radical (unpaired) electrons. The number of carbonyl (C=O) groups is 1. The van der Waals surface area contributed by atoms with E-state index < -0.39 is 0 Å². The van der Waals surface area contributed by atoms with Gasteiger partial charge in [-0.3, -0.25) is 19.7 Å². The van der Waals surface area contributed by atoms with Crippen LogP contribution in [0.3, 0.4) is 0 Å². The Morgan fingerprint density at radius 1 is 1.10 bits per heavy atom. The van der Waals surface area contributed by atoms with Crippen LogP contribution in [0.4, 0.5) is 0 Å². The highest BCUT2D eigenvalue weighted by Gasteiger charge is 2.28. The van der Waals surface area contributed by atoms with E-state index in [1.54, 1.807) is 6.33 Å². The number of pyridine rings is 2. The first-order valence-corrected chi connectivity index (χ1v) is 14.0. The highest BCUT2D eigenvalue weighted by atomic mass is 35.5. The van der Waals surface area contributed by atoms with Crippen molar-refractivity contribution in [1.29, 1.82) is 0 Å². The number of amides is 1. The van der Waals surface area contributed by atoms with Crippen molar-refractivity contribution in [1.82, 2.24) is 35.5 Å². The summed E-state index contributed by atoms with van der Waals surface area (Å²) in [4.78, 5) is 31.0. The molecule has 1 unspecified atom stereocenters. The molecule has 3 aromatic rings. The molecule has 0 aromatic carbocycles. The van der Waals surface area contributed by atoms with Gasteiger partial charge in [-0.25, -0.2) is 4.98 Å². The maximum absolute atomic E-state index is 12.7. The molecule has 1 atom stereocenters. The number of imidazole rings is 1.